The Morgan fingerprint density at radius 3 is 1.47 bits per heavy atom. The summed E-state index contributed by atoms with van der Waals surface area (Å²) in [4.78, 5) is 36.5. The van der Waals surface area contributed by atoms with Crippen LogP contribution in [0.5, 0.6) is 0 Å². The molecule has 2 rings (SSSR count). The summed E-state index contributed by atoms with van der Waals surface area (Å²) in [5, 5.41) is 20.0. The van der Waals surface area contributed by atoms with Gasteiger partial charge in [-0.1, -0.05) is 56.9 Å². The van der Waals surface area contributed by atoms with Crippen LogP contribution in [0.4, 0.5) is 0 Å². The lowest BCUT2D eigenvalue weighted by Gasteiger charge is -2.23. The molecule has 0 unspecified atom stereocenters. The van der Waals surface area contributed by atoms with E-state index in [1.807, 2.05) is 13.8 Å². The van der Waals surface area contributed by atoms with Crippen molar-refractivity contribution < 1.29 is 19.8 Å². The smallest absolute Gasteiger partial charge is 0.214 e. The standard InChI is InChI=1S/C24H28Cl2N4O4S2/c1-17(29(15-33)13-19-3-5-23(25)27-11-19)21(7-9-31)35-36-22(8-10-32)18(2)30(16-34)14-20-4-6-24(26)28-12-20/h3-6,11-12,15-16,31-32H,7-10,13-14H2,1-2H3/b21-17-,22-18-. The molecule has 0 aliphatic carbocycles. The zero-order chi connectivity index (χ0) is 26.5. The minimum atomic E-state index is -0.0997. The summed E-state index contributed by atoms with van der Waals surface area (Å²) in [7, 11) is 2.76. The number of nitrogens with zero attached hydrogens (tertiary/aromatic N) is 4. The second kappa shape index (κ2) is 15.9. The van der Waals surface area contributed by atoms with Crippen molar-refractivity contribution in [1.29, 1.82) is 0 Å². The lowest BCUT2D eigenvalue weighted by molar-refractivity contribution is -0.117. The van der Waals surface area contributed by atoms with Crippen molar-refractivity contribution in [3.05, 3.63) is 79.3 Å². The number of amides is 2. The van der Waals surface area contributed by atoms with Gasteiger partial charge in [-0.15, -0.1) is 0 Å². The summed E-state index contributed by atoms with van der Waals surface area (Å²) in [6.07, 6.45) is 5.36. The predicted octanol–water partition coefficient (Wildman–Crippen LogP) is 5.01. The highest BCUT2D eigenvalue weighted by molar-refractivity contribution is 8.79. The maximum Gasteiger partial charge on any atom is 0.214 e. The van der Waals surface area contributed by atoms with E-state index < -0.39 is 0 Å². The highest BCUT2D eigenvalue weighted by Crippen LogP contribution is 2.42. The Hall–Kier alpha value is -2.08. The molecule has 0 fully saturated rings. The lowest BCUT2D eigenvalue weighted by atomic mass is 10.2. The van der Waals surface area contributed by atoms with Crippen LogP contribution in [0.25, 0.3) is 0 Å². The molecular formula is C24H28Cl2N4O4S2. The van der Waals surface area contributed by atoms with Gasteiger partial charge in [-0.25, -0.2) is 9.97 Å². The number of hydrogen-bond donors (Lipinski definition) is 2. The van der Waals surface area contributed by atoms with Crippen LogP contribution >= 0.6 is 44.8 Å². The number of hydrogen-bond acceptors (Lipinski definition) is 8. The van der Waals surface area contributed by atoms with Crippen molar-refractivity contribution in [3.63, 3.8) is 0 Å². The summed E-state index contributed by atoms with van der Waals surface area (Å²) in [5.74, 6) is 0. The fraction of sp³-hybridized carbons (Fsp3) is 0.333. The Kier molecular flexibility index (Phi) is 13.3. The number of carbonyl (C=O) groups excluding carboxylic acids is 2. The third-order valence-corrected chi connectivity index (χ3v) is 8.52. The largest absolute Gasteiger partial charge is 0.396 e. The first-order chi connectivity index (χ1) is 17.3. The van der Waals surface area contributed by atoms with E-state index in [9.17, 15) is 19.8 Å². The van der Waals surface area contributed by atoms with E-state index in [0.717, 1.165) is 33.8 Å². The molecular weight excluding hydrogens is 543 g/mol. The van der Waals surface area contributed by atoms with Gasteiger partial charge < -0.3 is 20.0 Å². The number of aliphatic hydroxyl groups is 2. The molecule has 2 heterocycles. The molecule has 12 heteroatoms. The minimum Gasteiger partial charge on any atom is -0.396 e. The number of allylic oxidation sites excluding steroid dienone is 2. The van der Waals surface area contributed by atoms with Crippen LogP contribution in [0.1, 0.15) is 37.8 Å². The Labute approximate surface area is 228 Å². The van der Waals surface area contributed by atoms with Crippen molar-refractivity contribution in [2.24, 2.45) is 0 Å². The topological polar surface area (TPSA) is 107 Å². The summed E-state index contributed by atoms with van der Waals surface area (Å²) < 4.78 is 0. The lowest BCUT2D eigenvalue weighted by Crippen LogP contribution is -2.21. The Morgan fingerprint density at radius 2 is 1.19 bits per heavy atom. The maximum atomic E-state index is 11.9. The van der Waals surface area contributed by atoms with Gasteiger partial charge in [0.25, 0.3) is 0 Å². The number of aliphatic hydroxyl groups excluding tert-OH is 2. The van der Waals surface area contributed by atoms with Gasteiger partial charge in [-0.05, 0) is 37.1 Å². The van der Waals surface area contributed by atoms with Crippen LogP contribution in [0, 0.1) is 0 Å². The number of rotatable bonds is 15. The molecule has 36 heavy (non-hydrogen) atoms. The van der Waals surface area contributed by atoms with Gasteiger partial charge >= 0.3 is 0 Å². The van der Waals surface area contributed by atoms with Gasteiger partial charge in [0.1, 0.15) is 10.3 Å². The number of halogens is 2. The Balaban J connectivity index is 2.24. The average Bonchev–Trinajstić information content (AvgIpc) is 2.88. The van der Waals surface area contributed by atoms with E-state index in [1.54, 1.807) is 36.7 Å². The zero-order valence-corrected chi connectivity index (χ0v) is 23.1. The summed E-state index contributed by atoms with van der Waals surface area (Å²) in [6.45, 7) is 4.01. The average molecular weight is 572 g/mol. The molecule has 0 bridgehead atoms. The molecule has 0 aliphatic heterocycles. The van der Waals surface area contributed by atoms with E-state index in [0.29, 0.717) is 47.6 Å². The van der Waals surface area contributed by atoms with E-state index in [4.69, 9.17) is 23.2 Å². The highest BCUT2D eigenvalue weighted by Gasteiger charge is 2.16. The van der Waals surface area contributed by atoms with Crippen LogP contribution < -0.4 is 0 Å². The minimum absolute atomic E-state index is 0.0997. The van der Waals surface area contributed by atoms with Crippen LogP contribution in [-0.4, -0.2) is 56.0 Å². The quantitative estimate of drug-likeness (QED) is 0.175. The van der Waals surface area contributed by atoms with Gasteiger partial charge in [0.15, 0.2) is 0 Å². The molecule has 0 saturated carbocycles. The van der Waals surface area contributed by atoms with Gasteiger partial charge in [0.05, 0.1) is 13.1 Å². The second-order valence-electron chi connectivity index (χ2n) is 7.58. The number of pyridine rings is 2. The van der Waals surface area contributed by atoms with Crippen LogP contribution in [0.15, 0.2) is 57.9 Å². The van der Waals surface area contributed by atoms with Crippen molar-refractivity contribution in [2.45, 2.75) is 39.8 Å². The molecule has 0 aliphatic rings. The number of carbonyl (C=O) groups is 2. The summed E-state index contributed by atoms with van der Waals surface area (Å²) in [5.41, 5.74) is 2.99. The fourth-order valence-electron chi connectivity index (χ4n) is 3.05. The van der Waals surface area contributed by atoms with Crippen LogP contribution in [0.2, 0.25) is 10.3 Å². The highest BCUT2D eigenvalue weighted by atomic mass is 35.5. The van der Waals surface area contributed by atoms with Crippen LogP contribution in [0.3, 0.4) is 0 Å². The molecule has 0 spiro atoms. The van der Waals surface area contributed by atoms with E-state index >= 15 is 0 Å². The number of aromatic nitrogens is 2. The molecule has 0 radical (unpaired) electrons. The second-order valence-corrected chi connectivity index (χ2v) is 10.7. The molecule has 2 aromatic rings. The summed E-state index contributed by atoms with van der Waals surface area (Å²) in [6, 6.07) is 6.91. The fourth-order valence-corrected chi connectivity index (χ4v) is 6.13. The maximum absolute atomic E-state index is 11.9. The molecule has 8 nitrogen and oxygen atoms in total. The first-order valence-corrected chi connectivity index (χ1v) is 13.8. The SMILES string of the molecule is C/C(=C(\CCO)SS/C(CCO)=C(/C)N(C=O)Cc1ccc(Cl)nc1)N(C=O)Cc1ccc(Cl)nc1. The van der Waals surface area contributed by atoms with Crippen molar-refractivity contribution in [3.8, 4) is 0 Å². The van der Waals surface area contributed by atoms with Crippen molar-refractivity contribution in [2.75, 3.05) is 13.2 Å². The molecule has 2 N–H and O–H groups in total. The first kappa shape index (κ1) is 30.1. The Morgan fingerprint density at radius 1 is 0.806 bits per heavy atom. The zero-order valence-electron chi connectivity index (χ0n) is 19.9. The van der Waals surface area contributed by atoms with E-state index in [1.165, 1.54) is 31.4 Å². The van der Waals surface area contributed by atoms with Crippen molar-refractivity contribution >= 4 is 57.6 Å². The van der Waals surface area contributed by atoms with Crippen molar-refractivity contribution in [1.82, 2.24) is 19.8 Å². The molecule has 194 valence electrons. The van der Waals surface area contributed by atoms with Gasteiger partial charge in [0.2, 0.25) is 12.8 Å². The van der Waals surface area contributed by atoms with Crippen LogP contribution in [-0.2, 0) is 22.7 Å². The molecule has 2 aromatic heterocycles. The van der Waals surface area contributed by atoms with Gasteiger partial charge in [-0.2, -0.15) is 0 Å². The predicted molar refractivity (Wildman–Crippen MR) is 146 cm³/mol. The van der Waals surface area contributed by atoms with E-state index in [2.05, 4.69) is 9.97 Å². The normalized spacial score (nSPS) is 12.5. The van der Waals surface area contributed by atoms with Gasteiger partial charge in [-0.3, -0.25) is 9.59 Å². The first-order valence-electron chi connectivity index (χ1n) is 10.9. The van der Waals surface area contributed by atoms with Gasteiger partial charge in [0, 0.05) is 59.7 Å². The third kappa shape index (κ3) is 9.42. The molecule has 0 atom stereocenters. The third-order valence-electron chi connectivity index (χ3n) is 5.13. The van der Waals surface area contributed by atoms with E-state index in [-0.39, 0.29) is 13.2 Å². The molecule has 0 aromatic carbocycles. The molecule has 0 saturated heterocycles. The summed E-state index contributed by atoms with van der Waals surface area (Å²) >= 11 is 11.7. The molecule has 2 amide bonds. The monoisotopic (exact) mass is 570 g/mol. The Bertz CT molecular complexity index is 981.